The molecule has 0 aliphatic carbocycles. The van der Waals surface area contributed by atoms with Crippen LogP contribution in [0.2, 0.25) is 0 Å². The van der Waals surface area contributed by atoms with Crippen LogP contribution in [0.3, 0.4) is 0 Å². The Morgan fingerprint density at radius 2 is 1.62 bits per heavy atom. The molecule has 16 heavy (non-hydrogen) atoms. The van der Waals surface area contributed by atoms with E-state index in [0.29, 0.717) is 5.56 Å². The van der Waals surface area contributed by atoms with Gasteiger partial charge in [0, 0.05) is 8.32 Å². The van der Waals surface area contributed by atoms with Crippen LogP contribution in [0.1, 0.15) is 2.85 Å². The molecule has 84 valence electrons. The zero-order chi connectivity index (χ0) is 11.5. The molecule has 0 aliphatic rings. The molecule has 0 spiro atoms. The van der Waals surface area contributed by atoms with Crippen LogP contribution in [0.15, 0.2) is 48.5 Å². The summed E-state index contributed by atoms with van der Waals surface area (Å²) in [4.78, 5) is 0. The molecule has 0 aliphatic heterocycles. The number of halogens is 1. The molecule has 2 rings (SSSR count). The third-order valence-electron chi connectivity index (χ3n) is 2.39. The summed E-state index contributed by atoms with van der Waals surface area (Å²) in [7, 11) is -1.77. The molecule has 2 nitrogen and oxygen atoms in total. The maximum atomic E-state index is 13.5. The summed E-state index contributed by atoms with van der Waals surface area (Å²) in [6.45, 7) is 0. The summed E-state index contributed by atoms with van der Waals surface area (Å²) < 4.78 is 13.5. The Balaban J connectivity index is 0.00000144. The minimum atomic E-state index is -1.77. The van der Waals surface area contributed by atoms with E-state index in [1.807, 2.05) is 30.3 Å². The quantitative estimate of drug-likeness (QED) is 0.755. The van der Waals surface area contributed by atoms with Crippen molar-refractivity contribution in [3.8, 4) is 11.1 Å². The standard InChI is InChI=1S/C12H10BFO2.2H2/c14-12-8-10(6-7-11(12)13(15)16)9-4-2-1-3-5-9;;/h1-8,15-16H;2*1H. The van der Waals surface area contributed by atoms with Crippen LogP contribution < -0.4 is 5.46 Å². The topological polar surface area (TPSA) is 40.5 Å². The van der Waals surface area contributed by atoms with Crippen LogP contribution in [-0.4, -0.2) is 17.2 Å². The largest absolute Gasteiger partial charge is 0.491 e. The zero-order valence-electron chi connectivity index (χ0n) is 8.47. The maximum absolute atomic E-state index is 13.5. The van der Waals surface area contributed by atoms with Gasteiger partial charge in [0.25, 0.3) is 0 Å². The van der Waals surface area contributed by atoms with Crippen LogP contribution in [0.5, 0.6) is 0 Å². The summed E-state index contributed by atoms with van der Waals surface area (Å²) in [6.07, 6.45) is 0. The first-order valence-corrected chi connectivity index (χ1v) is 4.89. The Morgan fingerprint density at radius 3 is 2.19 bits per heavy atom. The molecular weight excluding hydrogens is 206 g/mol. The molecule has 0 aromatic heterocycles. The molecule has 2 aromatic carbocycles. The van der Waals surface area contributed by atoms with Crippen molar-refractivity contribution < 1.29 is 17.3 Å². The number of hydrogen-bond donors (Lipinski definition) is 2. The van der Waals surface area contributed by atoms with Crippen molar-refractivity contribution in [3.05, 3.63) is 54.3 Å². The Bertz CT molecular complexity index is 495. The first-order valence-electron chi connectivity index (χ1n) is 4.89. The average Bonchev–Trinajstić information content (AvgIpc) is 2.29. The van der Waals surface area contributed by atoms with Crippen LogP contribution in [0.25, 0.3) is 11.1 Å². The molecule has 0 radical (unpaired) electrons. The Hall–Kier alpha value is -1.65. The summed E-state index contributed by atoms with van der Waals surface area (Å²) in [6, 6.07) is 13.7. The van der Waals surface area contributed by atoms with E-state index in [4.69, 9.17) is 10.0 Å². The molecule has 2 N–H and O–H groups in total. The van der Waals surface area contributed by atoms with Gasteiger partial charge in [0.15, 0.2) is 0 Å². The van der Waals surface area contributed by atoms with Gasteiger partial charge in [0.2, 0.25) is 0 Å². The van der Waals surface area contributed by atoms with E-state index in [-0.39, 0.29) is 8.32 Å². The van der Waals surface area contributed by atoms with Crippen molar-refractivity contribution in [1.29, 1.82) is 0 Å². The third kappa shape index (κ3) is 2.13. The van der Waals surface area contributed by atoms with Crippen molar-refractivity contribution in [2.24, 2.45) is 0 Å². The van der Waals surface area contributed by atoms with E-state index in [1.165, 1.54) is 12.1 Å². The SMILES string of the molecule is OB(O)c1ccc(-c2ccccc2)cc1F.[HH].[HH]. The molecule has 0 saturated carbocycles. The van der Waals surface area contributed by atoms with E-state index < -0.39 is 12.9 Å². The predicted molar refractivity (Wildman–Crippen MR) is 65.9 cm³/mol. The fourth-order valence-electron chi connectivity index (χ4n) is 1.55. The molecule has 0 unspecified atom stereocenters. The average molecular weight is 220 g/mol. The molecule has 0 fully saturated rings. The van der Waals surface area contributed by atoms with Gasteiger partial charge in [-0.3, -0.25) is 0 Å². The lowest BCUT2D eigenvalue weighted by atomic mass is 9.79. The first kappa shape index (κ1) is 10.9. The highest BCUT2D eigenvalue weighted by Crippen LogP contribution is 2.18. The van der Waals surface area contributed by atoms with Crippen molar-refractivity contribution in [2.75, 3.05) is 0 Å². The normalized spacial score (nSPS) is 10.2. The van der Waals surface area contributed by atoms with Crippen LogP contribution in [0.4, 0.5) is 4.39 Å². The second kappa shape index (κ2) is 4.47. The molecule has 2 aromatic rings. The van der Waals surface area contributed by atoms with Crippen molar-refractivity contribution in [1.82, 2.24) is 0 Å². The number of rotatable bonds is 2. The predicted octanol–water partition coefficient (Wildman–Crippen LogP) is 1.66. The molecule has 0 saturated heterocycles. The van der Waals surface area contributed by atoms with Gasteiger partial charge in [0.1, 0.15) is 5.82 Å². The third-order valence-corrected chi connectivity index (χ3v) is 2.39. The second-order valence-electron chi connectivity index (χ2n) is 3.48. The van der Waals surface area contributed by atoms with Crippen LogP contribution >= 0.6 is 0 Å². The molecule has 4 heteroatoms. The van der Waals surface area contributed by atoms with E-state index >= 15 is 0 Å². The highest BCUT2D eigenvalue weighted by molar-refractivity contribution is 6.58. The minimum Gasteiger partial charge on any atom is -0.423 e. The van der Waals surface area contributed by atoms with Crippen molar-refractivity contribution >= 4 is 12.6 Å². The maximum Gasteiger partial charge on any atom is 0.491 e. The smallest absolute Gasteiger partial charge is 0.423 e. The lowest BCUT2D eigenvalue weighted by Crippen LogP contribution is -2.32. The Morgan fingerprint density at radius 1 is 0.938 bits per heavy atom. The van der Waals surface area contributed by atoms with Gasteiger partial charge in [-0.25, -0.2) is 4.39 Å². The fourth-order valence-corrected chi connectivity index (χ4v) is 1.55. The lowest BCUT2D eigenvalue weighted by molar-refractivity contribution is 0.423. The van der Waals surface area contributed by atoms with Gasteiger partial charge in [0.05, 0.1) is 0 Å². The molecule has 0 bridgehead atoms. The zero-order valence-corrected chi connectivity index (χ0v) is 8.47. The highest BCUT2D eigenvalue weighted by atomic mass is 19.1. The second-order valence-corrected chi connectivity index (χ2v) is 3.48. The van der Waals surface area contributed by atoms with E-state index in [9.17, 15) is 4.39 Å². The van der Waals surface area contributed by atoms with Gasteiger partial charge in [-0.2, -0.15) is 0 Å². The summed E-state index contributed by atoms with van der Waals surface area (Å²) in [5.74, 6) is -0.614. The van der Waals surface area contributed by atoms with Crippen LogP contribution in [-0.2, 0) is 0 Å². The summed E-state index contributed by atoms with van der Waals surface area (Å²) in [5, 5.41) is 17.8. The summed E-state index contributed by atoms with van der Waals surface area (Å²) in [5.41, 5.74) is 1.49. The van der Waals surface area contributed by atoms with Gasteiger partial charge >= 0.3 is 7.12 Å². The fraction of sp³-hybridized carbons (Fsp3) is 0. The minimum absolute atomic E-state index is 0. The Labute approximate surface area is 96.1 Å². The highest BCUT2D eigenvalue weighted by Gasteiger charge is 2.16. The number of benzene rings is 2. The van der Waals surface area contributed by atoms with Gasteiger partial charge in [-0.05, 0) is 17.2 Å². The van der Waals surface area contributed by atoms with Crippen LogP contribution in [0, 0.1) is 5.82 Å². The lowest BCUT2D eigenvalue weighted by Gasteiger charge is -2.05. The number of hydrogen-bond acceptors (Lipinski definition) is 2. The van der Waals surface area contributed by atoms with Gasteiger partial charge < -0.3 is 10.0 Å². The van der Waals surface area contributed by atoms with E-state index in [1.54, 1.807) is 6.07 Å². The van der Waals surface area contributed by atoms with E-state index in [0.717, 1.165) is 5.56 Å². The first-order chi connectivity index (χ1) is 7.68. The Kier molecular flexibility index (Phi) is 3.03. The summed E-state index contributed by atoms with van der Waals surface area (Å²) >= 11 is 0. The van der Waals surface area contributed by atoms with Crippen molar-refractivity contribution in [2.45, 2.75) is 0 Å². The van der Waals surface area contributed by atoms with Gasteiger partial charge in [-0.1, -0.05) is 42.5 Å². The molecule has 0 heterocycles. The molecular formula is C12H14BFO2. The van der Waals surface area contributed by atoms with E-state index in [2.05, 4.69) is 0 Å². The molecule has 0 atom stereocenters. The molecule has 0 amide bonds. The monoisotopic (exact) mass is 220 g/mol. The van der Waals surface area contributed by atoms with Gasteiger partial charge in [-0.15, -0.1) is 0 Å². The van der Waals surface area contributed by atoms with Crippen molar-refractivity contribution in [3.63, 3.8) is 0 Å².